The zero-order chi connectivity index (χ0) is 11.7. The van der Waals surface area contributed by atoms with Crippen LogP contribution < -0.4 is 0 Å². The van der Waals surface area contributed by atoms with Crippen molar-refractivity contribution in [3.05, 3.63) is 20.3 Å². The highest BCUT2D eigenvalue weighted by molar-refractivity contribution is 14.1. The molecule has 0 aliphatic carbocycles. The summed E-state index contributed by atoms with van der Waals surface area (Å²) in [5.74, 6) is 0. The summed E-state index contributed by atoms with van der Waals surface area (Å²) in [6.45, 7) is 0. The maximum absolute atomic E-state index is 4.49. The largest absolute Gasteiger partial charge is 0.369 e. The van der Waals surface area contributed by atoms with Crippen LogP contribution in [0.5, 0.6) is 0 Å². The van der Waals surface area contributed by atoms with Gasteiger partial charge in [0.1, 0.15) is 0 Å². The van der Waals surface area contributed by atoms with Gasteiger partial charge in [0, 0.05) is 33.7 Å². The predicted molar refractivity (Wildman–Crippen MR) is 81.9 cm³/mol. The Labute approximate surface area is 120 Å². The Morgan fingerprint density at radius 1 is 1.56 bits per heavy atom. The van der Waals surface area contributed by atoms with Gasteiger partial charge in [-0.25, -0.2) is 4.99 Å². The second kappa shape index (κ2) is 4.97. The van der Waals surface area contributed by atoms with Crippen LogP contribution in [0.25, 0.3) is 10.1 Å². The van der Waals surface area contributed by atoms with E-state index in [1.54, 1.807) is 0 Å². The van der Waals surface area contributed by atoms with Crippen molar-refractivity contribution in [1.82, 2.24) is 9.27 Å². The van der Waals surface area contributed by atoms with E-state index in [0.717, 1.165) is 23.8 Å². The molecule has 0 aliphatic rings. The Kier molecular flexibility index (Phi) is 3.81. The maximum atomic E-state index is 4.49. The summed E-state index contributed by atoms with van der Waals surface area (Å²) in [6.07, 6.45) is 3.68. The van der Waals surface area contributed by atoms with Crippen molar-refractivity contribution in [3.8, 4) is 0 Å². The van der Waals surface area contributed by atoms with Crippen molar-refractivity contribution >= 4 is 72.2 Å². The Morgan fingerprint density at radius 2 is 2.31 bits per heavy atom. The standard InChI is InChI=1S/C10H9BrIN3S/c1-15(2)5-13-9-8(12)3-7(11)6-4-14-16-10(6)9/h3-5H,1-2H3/b13-5+. The van der Waals surface area contributed by atoms with Crippen LogP contribution in [0.2, 0.25) is 0 Å². The summed E-state index contributed by atoms with van der Waals surface area (Å²) >= 11 is 7.31. The van der Waals surface area contributed by atoms with Crippen LogP contribution in [0.15, 0.2) is 21.7 Å². The molecular weight excluding hydrogens is 401 g/mol. The Bertz CT molecular complexity index is 550. The number of hydrogen-bond donors (Lipinski definition) is 0. The van der Waals surface area contributed by atoms with Gasteiger partial charge < -0.3 is 4.90 Å². The van der Waals surface area contributed by atoms with Crippen LogP contribution in [0.3, 0.4) is 0 Å². The van der Waals surface area contributed by atoms with E-state index in [1.807, 2.05) is 31.5 Å². The van der Waals surface area contributed by atoms with Gasteiger partial charge in [-0.15, -0.1) is 0 Å². The van der Waals surface area contributed by atoms with E-state index in [9.17, 15) is 0 Å². The molecule has 16 heavy (non-hydrogen) atoms. The van der Waals surface area contributed by atoms with Gasteiger partial charge in [0.15, 0.2) is 0 Å². The second-order valence-electron chi connectivity index (χ2n) is 3.47. The molecule has 0 bridgehead atoms. The van der Waals surface area contributed by atoms with E-state index >= 15 is 0 Å². The van der Waals surface area contributed by atoms with Crippen molar-refractivity contribution in [2.75, 3.05) is 14.1 Å². The number of hydrogen-bond acceptors (Lipinski definition) is 3. The first-order valence-electron chi connectivity index (χ1n) is 4.52. The van der Waals surface area contributed by atoms with Gasteiger partial charge in [0.05, 0.1) is 16.7 Å². The molecule has 0 N–H and O–H groups in total. The minimum Gasteiger partial charge on any atom is -0.369 e. The molecule has 0 amide bonds. The van der Waals surface area contributed by atoms with E-state index in [4.69, 9.17) is 0 Å². The topological polar surface area (TPSA) is 28.5 Å². The third-order valence-corrected chi connectivity index (χ3v) is 4.23. The molecule has 0 radical (unpaired) electrons. The highest BCUT2D eigenvalue weighted by Gasteiger charge is 2.10. The fraction of sp³-hybridized carbons (Fsp3) is 0.200. The van der Waals surface area contributed by atoms with Crippen LogP contribution in [-0.4, -0.2) is 29.7 Å². The Hall–Kier alpha value is -0.210. The molecule has 0 fully saturated rings. The molecule has 0 atom stereocenters. The average molecular weight is 410 g/mol. The van der Waals surface area contributed by atoms with Crippen molar-refractivity contribution in [1.29, 1.82) is 0 Å². The molecule has 0 unspecified atom stereocenters. The number of aromatic nitrogens is 1. The molecule has 6 heteroatoms. The van der Waals surface area contributed by atoms with E-state index in [-0.39, 0.29) is 0 Å². The van der Waals surface area contributed by atoms with Crippen LogP contribution in [-0.2, 0) is 0 Å². The van der Waals surface area contributed by atoms with E-state index in [2.05, 4.69) is 54.0 Å². The summed E-state index contributed by atoms with van der Waals surface area (Å²) in [7, 11) is 3.91. The van der Waals surface area contributed by atoms with Crippen LogP contribution in [0.4, 0.5) is 5.69 Å². The molecule has 84 valence electrons. The minimum absolute atomic E-state index is 0.995. The van der Waals surface area contributed by atoms with Gasteiger partial charge >= 0.3 is 0 Å². The summed E-state index contributed by atoms with van der Waals surface area (Å²) in [6, 6.07) is 2.07. The Balaban J connectivity index is 2.63. The maximum Gasteiger partial charge on any atom is 0.0975 e. The first-order chi connectivity index (χ1) is 7.59. The number of benzene rings is 1. The Morgan fingerprint density at radius 3 is 3.00 bits per heavy atom. The summed E-state index contributed by atoms with van der Waals surface area (Å²) < 4.78 is 7.53. The third kappa shape index (κ3) is 2.38. The van der Waals surface area contributed by atoms with Crippen molar-refractivity contribution in [3.63, 3.8) is 0 Å². The molecule has 1 aromatic heterocycles. The average Bonchev–Trinajstić information content (AvgIpc) is 2.65. The smallest absolute Gasteiger partial charge is 0.0975 e. The lowest BCUT2D eigenvalue weighted by molar-refractivity contribution is 0.643. The summed E-state index contributed by atoms with van der Waals surface area (Å²) in [5, 5.41) is 1.12. The predicted octanol–water partition coefficient (Wildman–Crippen LogP) is 3.88. The first-order valence-corrected chi connectivity index (χ1v) is 7.17. The molecule has 0 saturated carbocycles. The van der Waals surface area contributed by atoms with Gasteiger partial charge in [0.25, 0.3) is 0 Å². The van der Waals surface area contributed by atoms with Crippen molar-refractivity contribution < 1.29 is 0 Å². The SMILES string of the molecule is CN(C)/C=N/c1c(I)cc(Br)c2cnsc12. The van der Waals surface area contributed by atoms with Crippen molar-refractivity contribution in [2.45, 2.75) is 0 Å². The monoisotopic (exact) mass is 409 g/mol. The lowest BCUT2D eigenvalue weighted by Gasteiger charge is -2.05. The lowest BCUT2D eigenvalue weighted by Crippen LogP contribution is -2.07. The fourth-order valence-electron chi connectivity index (χ4n) is 1.24. The van der Waals surface area contributed by atoms with Crippen LogP contribution >= 0.6 is 50.1 Å². The van der Waals surface area contributed by atoms with Gasteiger partial charge in [-0.05, 0) is 40.2 Å². The summed E-state index contributed by atoms with van der Waals surface area (Å²) in [5.41, 5.74) is 0.995. The first kappa shape index (κ1) is 12.3. The van der Waals surface area contributed by atoms with E-state index in [1.165, 1.54) is 11.5 Å². The van der Waals surface area contributed by atoms with Gasteiger partial charge in [-0.1, -0.05) is 15.9 Å². The molecule has 0 aliphatic heterocycles. The molecule has 0 spiro atoms. The molecular formula is C10H9BrIN3S. The number of aliphatic imine (C=N–C) groups is 1. The number of halogens is 2. The number of fused-ring (bicyclic) bond motifs is 1. The van der Waals surface area contributed by atoms with Gasteiger partial charge in [-0.3, -0.25) is 0 Å². The zero-order valence-electron chi connectivity index (χ0n) is 8.74. The fourth-order valence-corrected chi connectivity index (χ4v) is 4.01. The highest BCUT2D eigenvalue weighted by atomic mass is 127. The normalized spacial score (nSPS) is 11.5. The second-order valence-corrected chi connectivity index (χ2v) is 6.28. The zero-order valence-corrected chi connectivity index (χ0v) is 13.3. The van der Waals surface area contributed by atoms with Crippen LogP contribution in [0.1, 0.15) is 0 Å². The van der Waals surface area contributed by atoms with Gasteiger partial charge in [-0.2, -0.15) is 4.37 Å². The highest BCUT2D eigenvalue weighted by Crippen LogP contribution is 2.38. The van der Waals surface area contributed by atoms with Gasteiger partial charge in [0.2, 0.25) is 0 Å². The molecule has 3 nitrogen and oxygen atoms in total. The molecule has 1 heterocycles. The van der Waals surface area contributed by atoms with E-state index < -0.39 is 0 Å². The third-order valence-electron chi connectivity index (χ3n) is 1.94. The number of rotatable bonds is 2. The van der Waals surface area contributed by atoms with E-state index in [0.29, 0.717) is 0 Å². The van der Waals surface area contributed by atoms with Crippen molar-refractivity contribution in [2.24, 2.45) is 4.99 Å². The quantitative estimate of drug-likeness (QED) is 0.427. The molecule has 2 rings (SSSR count). The molecule has 0 saturated heterocycles. The van der Waals surface area contributed by atoms with Crippen LogP contribution in [0, 0.1) is 3.57 Å². The molecule has 1 aromatic carbocycles. The number of nitrogens with zero attached hydrogens (tertiary/aromatic N) is 3. The summed E-state index contributed by atoms with van der Waals surface area (Å²) in [4.78, 5) is 6.41. The minimum atomic E-state index is 0.995. The molecule has 2 aromatic rings. The lowest BCUT2D eigenvalue weighted by atomic mass is 10.2.